The van der Waals surface area contributed by atoms with Crippen molar-refractivity contribution < 1.29 is 60.7 Å². The summed E-state index contributed by atoms with van der Waals surface area (Å²) in [6.07, 6.45) is 0. The van der Waals surface area contributed by atoms with Gasteiger partial charge in [0.15, 0.2) is 49.6 Å². The zero-order chi connectivity index (χ0) is 42.5. The van der Waals surface area contributed by atoms with Crippen molar-refractivity contribution in [3.63, 3.8) is 0 Å². The summed E-state index contributed by atoms with van der Waals surface area (Å²) in [7, 11) is -16.0. The predicted molar refractivity (Wildman–Crippen MR) is 204 cm³/mol. The minimum Gasteiger partial charge on any atom is -0.741 e. The van der Waals surface area contributed by atoms with Gasteiger partial charge in [-0.2, -0.15) is 26.3 Å². The monoisotopic (exact) mass is 916 g/mol. The van der Waals surface area contributed by atoms with Crippen molar-refractivity contribution in [3.05, 3.63) is 158 Å². The summed E-state index contributed by atoms with van der Waals surface area (Å²) >= 11 is 1.89. The molecule has 0 atom stereocenters. The lowest BCUT2D eigenvalue weighted by Crippen LogP contribution is -2.21. The van der Waals surface area contributed by atoms with Gasteiger partial charge in [-0.3, -0.25) is 0 Å². The summed E-state index contributed by atoms with van der Waals surface area (Å²) in [4.78, 5) is 10.8. The Labute approximate surface area is 340 Å². The number of hydrogen-bond donors (Lipinski definition) is 0. The van der Waals surface area contributed by atoms with Crippen LogP contribution in [0.5, 0.6) is 0 Å². The molecule has 0 radical (unpaired) electrons. The molecule has 0 amide bonds. The fraction of sp³-hybridized carbons (Fsp3) is 0.0526. The molecular weight excluding hydrogens is 891 g/mol. The molecule has 20 heteroatoms. The molecule has 0 aromatic heterocycles. The highest BCUT2D eigenvalue weighted by atomic mass is 32.2. The van der Waals surface area contributed by atoms with Crippen LogP contribution in [0, 0.1) is 0 Å². The highest BCUT2D eigenvalue weighted by Gasteiger charge is 2.45. The van der Waals surface area contributed by atoms with Gasteiger partial charge in [-0.05, 0) is 72.8 Å². The van der Waals surface area contributed by atoms with Crippen molar-refractivity contribution >= 4 is 63.6 Å². The van der Waals surface area contributed by atoms with E-state index in [9.17, 15) is 34.8 Å². The molecule has 2 aliphatic rings. The highest BCUT2D eigenvalue weighted by molar-refractivity contribution is 8.04. The molecule has 0 spiro atoms. The summed E-state index contributed by atoms with van der Waals surface area (Å²) in [5.74, 6) is 0. The largest absolute Gasteiger partial charge is 0.741 e. The van der Waals surface area contributed by atoms with Crippen molar-refractivity contribution in [2.75, 3.05) is 0 Å². The van der Waals surface area contributed by atoms with E-state index in [0.717, 1.165) is 14.7 Å². The lowest BCUT2D eigenvalue weighted by molar-refractivity contribution is -0.0522. The molecule has 58 heavy (non-hydrogen) atoms. The number of benzene rings is 6. The van der Waals surface area contributed by atoms with E-state index in [-0.39, 0.29) is 21.8 Å². The molecule has 6 aromatic rings. The Bertz CT molecular complexity index is 2580. The van der Waals surface area contributed by atoms with Gasteiger partial charge in [0.05, 0.1) is 9.79 Å². The van der Waals surface area contributed by atoms with Gasteiger partial charge in [-0.25, -0.2) is 25.3 Å². The van der Waals surface area contributed by atoms with Crippen LogP contribution < -0.4 is 0 Å². The van der Waals surface area contributed by atoms with Crippen LogP contribution in [-0.4, -0.2) is 45.4 Å². The minimum absolute atomic E-state index is 0.0212. The third-order valence-corrected chi connectivity index (χ3v) is 16.9. The summed E-state index contributed by atoms with van der Waals surface area (Å²) < 4.78 is 144. The second-order valence-electron chi connectivity index (χ2n) is 11.4. The van der Waals surface area contributed by atoms with Crippen LogP contribution >= 0.6 is 11.8 Å². The second-order valence-corrected chi connectivity index (χ2v) is 21.1. The van der Waals surface area contributed by atoms with E-state index in [4.69, 9.17) is 25.9 Å². The van der Waals surface area contributed by atoms with E-state index < -0.39 is 41.1 Å². The maximum absolute atomic E-state index is 12.9. The van der Waals surface area contributed by atoms with E-state index in [1.165, 1.54) is 24.5 Å². The Morgan fingerprint density at radius 3 is 1.02 bits per heavy atom. The molecular formula is C38H26F6O8S6. The molecule has 0 N–H and O–H groups in total. The second kappa shape index (κ2) is 17.9. The Hall–Kier alpha value is -4.28. The maximum Gasteiger partial charge on any atom is 0.485 e. The SMILES string of the molecule is O=S(=O)([O-])C(F)(F)F.O=S(=O)([O-])C(F)(F)F.O=S1(=O)c2ccccc2[S+](c2ccccc2)c2ccccc21.c1ccc([S+]2c3ccccc3Sc3ccccc32)cc1. The number of hydrogen-bond acceptors (Lipinski definition) is 9. The van der Waals surface area contributed by atoms with E-state index in [2.05, 4.69) is 91.0 Å². The van der Waals surface area contributed by atoms with Gasteiger partial charge < -0.3 is 9.11 Å². The van der Waals surface area contributed by atoms with E-state index >= 15 is 0 Å². The van der Waals surface area contributed by atoms with Crippen molar-refractivity contribution in [2.24, 2.45) is 0 Å². The summed E-state index contributed by atoms with van der Waals surface area (Å²) in [6, 6.07) is 53.2. The van der Waals surface area contributed by atoms with Crippen LogP contribution in [0.25, 0.3) is 0 Å². The van der Waals surface area contributed by atoms with Crippen LogP contribution in [0.1, 0.15) is 0 Å². The van der Waals surface area contributed by atoms with Gasteiger partial charge in [0, 0.05) is 0 Å². The lowest BCUT2D eigenvalue weighted by atomic mass is 10.3. The van der Waals surface area contributed by atoms with E-state index in [1.54, 1.807) is 24.3 Å². The fourth-order valence-corrected chi connectivity index (χ4v) is 13.7. The van der Waals surface area contributed by atoms with Crippen molar-refractivity contribution in [1.29, 1.82) is 0 Å². The molecule has 8 rings (SSSR count). The Kier molecular flexibility index (Phi) is 13.8. The molecule has 0 fully saturated rings. The first-order chi connectivity index (χ1) is 27.1. The third kappa shape index (κ3) is 10.3. The van der Waals surface area contributed by atoms with Crippen molar-refractivity contribution in [1.82, 2.24) is 0 Å². The average molecular weight is 917 g/mol. The number of alkyl halides is 6. The molecule has 0 saturated heterocycles. The van der Waals surface area contributed by atoms with Gasteiger partial charge in [0.2, 0.25) is 9.84 Å². The summed E-state index contributed by atoms with van der Waals surface area (Å²) in [5.41, 5.74) is -11.3. The zero-order valence-corrected chi connectivity index (χ0v) is 33.9. The first-order valence-electron chi connectivity index (χ1n) is 16.0. The minimum atomic E-state index is -6.09. The lowest BCUT2D eigenvalue weighted by Gasteiger charge is -2.19. The number of sulfone groups is 1. The smallest absolute Gasteiger partial charge is 0.485 e. The number of fused-ring (bicyclic) bond motifs is 4. The fourth-order valence-electron chi connectivity index (χ4n) is 5.18. The molecule has 0 saturated carbocycles. The summed E-state index contributed by atoms with van der Waals surface area (Å²) in [5, 5.41) is 0. The normalized spacial score (nSPS) is 14.6. The van der Waals surface area contributed by atoms with Crippen molar-refractivity contribution in [3.8, 4) is 0 Å². The molecule has 8 nitrogen and oxygen atoms in total. The van der Waals surface area contributed by atoms with Crippen LogP contribution in [0.15, 0.2) is 207 Å². The van der Waals surface area contributed by atoms with Gasteiger partial charge in [0.25, 0.3) is 0 Å². The Morgan fingerprint density at radius 2 is 0.690 bits per heavy atom. The first kappa shape index (κ1) is 44.8. The molecule has 0 unspecified atom stereocenters. The number of rotatable bonds is 2. The summed E-state index contributed by atoms with van der Waals surface area (Å²) in [6.45, 7) is 0. The van der Waals surface area contributed by atoms with Crippen LogP contribution in [0.4, 0.5) is 26.3 Å². The highest BCUT2D eigenvalue weighted by Crippen LogP contribution is 2.48. The number of halogens is 6. The van der Waals surface area contributed by atoms with Gasteiger partial charge >= 0.3 is 11.0 Å². The maximum atomic E-state index is 12.9. The molecule has 304 valence electrons. The third-order valence-electron chi connectivity index (χ3n) is 7.60. The Balaban J connectivity index is 0.000000163. The predicted octanol–water partition coefficient (Wildman–Crippen LogP) is 9.28. The van der Waals surface area contributed by atoms with Crippen molar-refractivity contribution in [2.45, 2.75) is 60.0 Å². The quantitative estimate of drug-likeness (QED) is 0.0716. The Morgan fingerprint density at radius 1 is 0.431 bits per heavy atom. The van der Waals surface area contributed by atoms with Crippen LogP contribution in [0.3, 0.4) is 0 Å². The van der Waals surface area contributed by atoms with Crippen LogP contribution in [0.2, 0.25) is 0 Å². The zero-order valence-electron chi connectivity index (χ0n) is 29.0. The average Bonchev–Trinajstić information content (AvgIpc) is 3.17. The van der Waals surface area contributed by atoms with Gasteiger partial charge in [-0.1, -0.05) is 96.7 Å². The molecule has 2 heterocycles. The topological polar surface area (TPSA) is 149 Å². The molecule has 2 aliphatic heterocycles. The molecule has 6 aromatic carbocycles. The molecule has 0 aliphatic carbocycles. The first-order valence-corrected chi connectivity index (χ1v) is 23.6. The van der Waals surface area contributed by atoms with E-state index in [0.29, 0.717) is 9.79 Å². The van der Waals surface area contributed by atoms with E-state index in [1.807, 2.05) is 54.2 Å². The van der Waals surface area contributed by atoms with Gasteiger partial charge in [0.1, 0.15) is 31.6 Å². The van der Waals surface area contributed by atoms with Crippen LogP contribution in [-0.2, 0) is 51.9 Å². The standard InChI is InChI=1S/C18H13O2S2.C18H13S2.2CHF3O3S/c19-22(20)17-12-6-4-10-15(17)21(14-8-2-1-3-9-14)16-11-5-7-13-18(16)22;1-2-8-14(9-3-1)20-17-12-6-4-10-15(17)19-16-11-5-7-13-18(16)20;2*2-1(3,4)8(5,6)7/h1-13H;1-13H;2*(H,5,6,7)/q2*+1;;/p-2. The van der Waals surface area contributed by atoms with Gasteiger partial charge in [-0.15, -0.1) is 0 Å². The molecule has 0 bridgehead atoms.